The second kappa shape index (κ2) is 6.34. The number of piperidine rings is 1. The molecule has 1 aliphatic rings. The minimum absolute atomic E-state index is 0.202. The molecule has 0 radical (unpaired) electrons. The summed E-state index contributed by atoms with van der Waals surface area (Å²) in [4.78, 5) is 13.3. The lowest BCUT2D eigenvalue weighted by molar-refractivity contribution is -0.119. The minimum Gasteiger partial charge on any atom is -0.369 e. The Kier molecular flexibility index (Phi) is 4.76. The highest BCUT2D eigenvalue weighted by molar-refractivity contribution is 8.00. The number of primary amides is 1. The summed E-state index contributed by atoms with van der Waals surface area (Å²) in [6, 6.07) is 3.62. The summed E-state index contributed by atoms with van der Waals surface area (Å²) in [7, 11) is 0. The first-order valence-electron chi connectivity index (χ1n) is 6.17. The van der Waals surface area contributed by atoms with Crippen LogP contribution in [0.25, 0.3) is 0 Å². The van der Waals surface area contributed by atoms with Crippen LogP contribution in [-0.2, 0) is 4.79 Å². The van der Waals surface area contributed by atoms with Gasteiger partial charge in [0.15, 0.2) is 0 Å². The van der Waals surface area contributed by atoms with Crippen molar-refractivity contribution in [3.05, 3.63) is 29.8 Å². The van der Waals surface area contributed by atoms with E-state index in [1.54, 1.807) is 0 Å². The Morgan fingerprint density at radius 2 is 2.26 bits per heavy atom. The summed E-state index contributed by atoms with van der Waals surface area (Å²) in [5.74, 6) is -1.45. The molecule has 1 saturated heterocycles. The standard InChI is InChI=1S/C13H16F2N2OS/c14-9-3-4-12(11(15)6-9)19-10-2-1-5-17(7-10)8-13(16)18/h3-4,6,10H,1-2,5,7-8H2,(H2,16,18). The third-order valence-electron chi connectivity index (χ3n) is 3.03. The van der Waals surface area contributed by atoms with Gasteiger partial charge in [0.1, 0.15) is 11.6 Å². The van der Waals surface area contributed by atoms with E-state index < -0.39 is 11.6 Å². The highest BCUT2D eigenvalue weighted by Crippen LogP contribution is 2.31. The van der Waals surface area contributed by atoms with E-state index in [4.69, 9.17) is 5.73 Å². The van der Waals surface area contributed by atoms with Gasteiger partial charge in [-0.1, -0.05) is 0 Å². The van der Waals surface area contributed by atoms with Gasteiger partial charge in [-0.05, 0) is 31.5 Å². The topological polar surface area (TPSA) is 46.3 Å². The Balaban J connectivity index is 1.96. The van der Waals surface area contributed by atoms with Crippen LogP contribution in [0.4, 0.5) is 8.78 Å². The molecule has 1 amide bonds. The first-order valence-corrected chi connectivity index (χ1v) is 7.05. The van der Waals surface area contributed by atoms with Gasteiger partial charge < -0.3 is 5.73 Å². The number of hydrogen-bond donors (Lipinski definition) is 1. The quantitative estimate of drug-likeness (QED) is 0.921. The van der Waals surface area contributed by atoms with Gasteiger partial charge in [0.25, 0.3) is 0 Å². The number of carbonyl (C=O) groups is 1. The second-order valence-electron chi connectivity index (χ2n) is 4.66. The second-order valence-corrected chi connectivity index (χ2v) is 6.00. The molecule has 104 valence electrons. The lowest BCUT2D eigenvalue weighted by Crippen LogP contribution is -2.41. The molecule has 1 aromatic rings. The third-order valence-corrected chi connectivity index (χ3v) is 4.33. The smallest absolute Gasteiger partial charge is 0.231 e. The van der Waals surface area contributed by atoms with Crippen LogP contribution in [0.2, 0.25) is 0 Å². The number of nitrogens with two attached hydrogens (primary N) is 1. The van der Waals surface area contributed by atoms with Crippen LogP contribution >= 0.6 is 11.8 Å². The maximum absolute atomic E-state index is 13.6. The van der Waals surface area contributed by atoms with Crippen LogP contribution in [0.3, 0.4) is 0 Å². The number of thioether (sulfide) groups is 1. The number of amides is 1. The van der Waals surface area contributed by atoms with Gasteiger partial charge in [0.2, 0.25) is 5.91 Å². The molecule has 1 aromatic carbocycles. The number of benzene rings is 1. The monoisotopic (exact) mass is 286 g/mol. The summed E-state index contributed by atoms with van der Waals surface area (Å²) >= 11 is 1.40. The fraction of sp³-hybridized carbons (Fsp3) is 0.462. The van der Waals surface area contributed by atoms with Gasteiger partial charge in [-0.15, -0.1) is 11.8 Å². The van der Waals surface area contributed by atoms with Gasteiger partial charge >= 0.3 is 0 Å². The van der Waals surface area contributed by atoms with Crippen LogP contribution in [0.15, 0.2) is 23.1 Å². The third kappa shape index (κ3) is 4.18. The molecule has 2 rings (SSSR count). The van der Waals surface area contributed by atoms with Crippen molar-refractivity contribution in [2.45, 2.75) is 23.0 Å². The van der Waals surface area contributed by atoms with Gasteiger partial charge in [-0.2, -0.15) is 0 Å². The Labute approximate surface area is 115 Å². The van der Waals surface area contributed by atoms with E-state index in [2.05, 4.69) is 0 Å². The molecule has 0 aromatic heterocycles. The lowest BCUT2D eigenvalue weighted by Gasteiger charge is -2.31. The highest BCUT2D eigenvalue weighted by atomic mass is 32.2. The SMILES string of the molecule is NC(=O)CN1CCCC(Sc2ccc(F)cc2F)C1. The molecule has 0 aliphatic carbocycles. The van der Waals surface area contributed by atoms with Crippen molar-refractivity contribution in [3.63, 3.8) is 0 Å². The molecule has 2 N–H and O–H groups in total. The predicted octanol–water partition coefficient (Wildman–Crippen LogP) is 2.01. The van der Waals surface area contributed by atoms with Crippen molar-refractivity contribution in [1.82, 2.24) is 4.90 Å². The average Bonchev–Trinajstić information content (AvgIpc) is 2.32. The number of nitrogens with zero attached hydrogens (tertiary/aromatic N) is 1. The molecule has 1 atom stereocenters. The largest absolute Gasteiger partial charge is 0.369 e. The van der Waals surface area contributed by atoms with Gasteiger partial charge in [-0.25, -0.2) is 8.78 Å². The van der Waals surface area contributed by atoms with Crippen molar-refractivity contribution in [1.29, 1.82) is 0 Å². The lowest BCUT2D eigenvalue weighted by atomic mass is 10.1. The molecule has 6 heteroatoms. The van der Waals surface area contributed by atoms with E-state index in [-0.39, 0.29) is 17.7 Å². The van der Waals surface area contributed by atoms with E-state index in [0.29, 0.717) is 11.4 Å². The first-order chi connectivity index (χ1) is 9.04. The van der Waals surface area contributed by atoms with E-state index >= 15 is 0 Å². The van der Waals surface area contributed by atoms with Crippen molar-refractivity contribution < 1.29 is 13.6 Å². The fourth-order valence-electron chi connectivity index (χ4n) is 2.22. The van der Waals surface area contributed by atoms with E-state index in [1.165, 1.54) is 23.9 Å². The molecule has 1 heterocycles. The highest BCUT2D eigenvalue weighted by Gasteiger charge is 2.22. The van der Waals surface area contributed by atoms with Gasteiger partial charge in [0, 0.05) is 22.8 Å². The number of rotatable bonds is 4. The average molecular weight is 286 g/mol. The molecule has 3 nitrogen and oxygen atoms in total. The summed E-state index contributed by atoms with van der Waals surface area (Å²) < 4.78 is 26.4. The van der Waals surface area contributed by atoms with Crippen molar-refractivity contribution in [2.75, 3.05) is 19.6 Å². The molecule has 0 spiro atoms. The Morgan fingerprint density at radius 3 is 2.95 bits per heavy atom. The summed E-state index contributed by atoms with van der Waals surface area (Å²) in [6.07, 6.45) is 1.91. The summed E-state index contributed by atoms with van der Waals surface area (Å²) in [6.45, 7) is 1.78. The fourth-order valence-corrected chi connectivity index (χ4v) is 3.47. The molecule has 1 unspecified atom stereocenters. The Bertz CT molecular complexity index is 470. The number of hydrogen-bond acceptors (Lipinski definition) is 3. The van der Waals surface area contributed by atoms with Crippen LogP contribution in [0.5, 0.6) is 0 Å². The predicted molar refractivity (Wildman–Crippen MR) is 70.9 cm³/mol. The zero-order valence-electron chi connectivity index (χ0n) is 10.4. The molecule has 0 saturated carbocycles. The van der Waals surface area contributed by atoms with Crippen LogP contribution in [0.1, 0.15) is 12.8 Å². The minimum atomic E-state index is -0.569. The Hall–Kier alpha value is -1.14. The number of carbonyl (C=O) groups excluding carboxylic acids is 1. The van der Waals surface area contributed by atoms with E-state index in [0.717, 1.165) is 25.5 Å². The molecule has 1 fully saturated rings. The molecular weight excluding hydrogens is 270 g/mol. The van der Waals surface area contributed by atoms with E-state index in [1.807, 2.05) is 4.90 Å². The van der Waals surface area contributed by atoms with E-state index in [9.17, 15) is 13.6 Å². The summed E-state index contributed by atoms with van der Waals surface area (Å²) in [5, 5.41) is 0.202. The van der Waals surface area contributed by atoms with Crippen LogP contribution in [0, 0.1) is 11.6 Å². The van der Waals surface area contributed by atoms with Crippen molar-refractivity contribution in [2.24, 2.45) is 5.73 Å². The molecule has 1 aliphatic heterocycles. The number of likely N-dealkylation sites (tertiary alicyclic amines) is 1. The zero-order chi connectivity index (χ0) is 13.8. The first kappa shape index (κ1) is 14.3. The maximum Gasteiger partial charge on any atom is 0.231 e. The normalized spacial score (nSPS) is 20.4. The van der Waals surface area contributed by atoms with Gasteiger partial charge in [-0.3, -0.25) is 9.69 Å². The van der Waals surface area contributed by atoms with Crippen LogP contribution < -0.4 is 5.73 Å². The van der Waals surface area contributed by atoms with Crippen LogP contribution in [-0.4, -0.2) is 35.7 Å². The number of halogens is 2. The van der Waals surface area contributed by atoms with Crippen molar-refractivity contribution >= 4 is 17.7 Å². The van der Waals surface area contributed by atoms with Gasteiger partial charge in [0.05, 0.1) is 6.54 Å². The molecule has 0 bridgehead atoms. The van der Waals surface area contributed by atoms with Crippen molar-refractivity contribution in [3.8, 4) is 0 Å². The zero-order valence-corrected chi connectivity index (χ0v) is 11.3. The molecular formula is C13H16F2N2OS. The maximum atomic E-state index is 13.6. The summed E-state index contributed by atoms with van der Waals surface area (Å²) in [5.41, 5.74) is 5.17. The molecule has 19 heavy (non-hydrogen) atoms. The Morgan fingerprint density at radius 1 is 1.47 bits per heavy atom.